The van der Waals surface area contributed by atoms with Gasteiger partial charge in [0, 0.05) is 18.7 Å². The van der Waals surface area contributed by atoms with Crippen molar-refractivity contribution >= 4 is 12.0 Å². The zero-order chi connectivity index (χ0) is 14.6. The minimum Gasteiger partial charge on any atom is -0.496 e. The van der Waals surface area contributed by atoms with Crippen molar-refractivity contribution in [2.45, 2.75) is 19.4 Å². The first-order valence-electron chi connectivity index (χ1n) is 6.44. The van der Waals surface area contributed by atoms with Crippen LogP contribution in [0.1, 0.15) is 18.4 Å². The summed E-state index contributed by atoms with van der Waals surface area (Å²) in [5.74, 6) is -0.139. The van der Waals surface area contributed by atoms with Crippen molar-refractivity contribution in [1.29, 1.82) is 0 Å². The number of carbonyl (C=O) groups excluding carboxylic acids is 1. The molecule has 6 nitrogen and oxygen atoms in total. The number of aliphatic carboxylic acids is 1. The van der Waals surface area contributed by atoms with Crippen LogP contribution in [0.15, 0.2) is 24.3 Å². The molecule has 1 aliphatic carbocycles. The van der Waals surface area contributed by atoms with Crippen LogP contribution in [0, 0.1) is 5.41 Å². The summed E-state index contributed by atoms with van der Waals surface area (Å²) < 4.78 is 5.18. The third-order valence-electron chi connectivity index (χ3n) is 3.53. The van der Waals surface area contributed by atoms with Crippen molar-refractivity contribution in [1.82, 2.24) is 10.6 Å². The van der Waals surface area contributed by atoms with Gasteiger partial charge < -0.3 is 20.5 Å². The normalized spacial score (nSPS) is 15.2. The number of benzene rings is 1. The summed E-state index contributed by atoms with van der Waals surface area (Å²) >= 11 is 0. The van der Waals surface area contributed by atoms with E-state index in [4.69, 9.17) is 9.84 Å². The van der Waals surface area contributed by atoms with Crippen LogP contribution in [0.3, 0.4) is 0 Å². The van der Waals surface area contributed by atoms with Gasteiger partial charge in [0.2, 0.25) is 0 Å². The summed E-state index contributed by atoms with van der Waals surface area (Å²) in [7, 11) is 1.57. The molecule has 1 aliphatic rings. The van der Waals surface area contributed by atoms with E-state index in [0.29, 0.717) is 25.1 Å². The maximum Gasteiger partial charge on any atom is 0.315 e. The molecule has 0 aliphatic heterocycles. The van der Waals surface area contributed by atoms with Gasteiger partial charge in [-0.1, -0.05) is 18.2 Å². The Labute approximate surface area is 117 Å². The van der Waals surface area contributed by atoms with Gasteiger partial charge >= 0.3 is 12.0 Å². The number of rotatable bonds is 6. The van der Waals surface area contributed by atoms with Crippen LogP contribution in [-0.4, -0.2) is 30.8 Å². The average molecular weight is 278 g/mol. The first-order valence-corrected chi connectivity index (χ1v) is 6.44. The number of ether oxygens (including phenoxy) is 1. The van der Waals surface area contributed by atoms with E-state index in [1.165, 1.54) is 0 Å². The third kappa shape index (κ3) is 3.20. The molecule has 108 valence electrons. The van der Waals surface area contributed by atoms with Gasteiger partial charge in [0.15, 0.2) is 0 Å². The molecule has 0 bridgehead atoms. The number of hydrogen-bond donors (Lipinski definition) is 3. The van der Waals surface area contributed by atoms with E-state index in [0.717, 1.165) is 5.56 Å². The minimum absolute atomic E-state index is 0.167. The van der Waals surface area contributed by atoms with Crippen LogP contribution in [-0.2, 0) is 11.3 Å². The van der Waals surface area contributed by atoms with Gasteiger partial charge in [-0.05, 0) is 18.9 Å². The highest BCUT2D eigenvalue weighted by molar-refractivity contribution is 5.80. The minimum atomic E-state index is -0.845. The van der Waals surface area contributed by atoms with Crippen LogP contribution in [0.5, 0.6) is 5.75 Å². The van der Waals surface area contributed by atoms with Crippen molar-refractivity contribution in [2.75, 3.05) is 13.7 Å². The Morgan fingerprint density at radius 3 is 2.60 bits per heavy atom. The van der Waals surface area contributed by atoms with Crippen LogP contribution in [0.2, 0.25) is 0 Å². The molecule has 0 saturated heterocycles. The molecule has 0 heterocycles. The topological polar surface area (TPSA) is 87.7 Å². The average Bonchev–Trinajstić information content (AvgIpc) is 3.24. The van der Waals surface area contributed by atoms with Crippen LogP contribution >= 0.6 is 0 Å². The maximum atomic E-state index is 11.7. The molecule has 6 heteroatoms. The van der Waals surface area contributed by atoms with Gasteiger partial charge in [-0.3, -0.25) is 4.79 Å². The molecule has 0 unspecified atom stereocenters. The fourth-order valence-corrected chi connectivity index (χ4v) is 1.95. The molecule has 0 spiro atoms. The monoisotopic (exact) mass is 278 g/mol. The Kier molecular flexibility index (Phi) is 4.12. The molecule has 1 fully saturated rings. The smallest absolute Gasteiger partial charge is 0.315 e. The van der Waals surface area contributed by atoms with Gasteiger partial charge in [-0.15, -0.1) is 0 Å². The predicted molar refractivity (Wildman–Crippen MR) is 72.5 cm³/mol. The molecule has 0 atom stereocenters. The second-order valence-electron chi connectivity index (χ2n) is 4.93. The van der Waals surface area contributed by atoms with Crippen molar-refractivity contribution in [3.05, 3.63) is 29.8 Å². The van der Waals surface area contributed by atoms with Crippen LogP contribution < -0.4 is 15.4 Å². The van der Waals surface area contributed by atoms with Gasteiger partial charge in [0.05, 0.1) is 12.5 Å². The Balaban J connectivity index is 1.79. The summed E-state index contributed by atoms with van der Waals surface area (Å²) in [5, 5.41) is 14.3. The van der Waals surface area contributed by atoms with Crippen molar-refractivity contribution in [3.8, 4) is 5.75 Å². The Morgan fingerprint density at radius 1 is 1.30 bits per heavy atom. The lowest BCUT2D eigenvalue weighted by atomic mass is 10.1. The van der Waals surface area contributed by atoms with E-state index < -0.39 is 11.4 Å². The van der Waals surface area contributed by atoms with Gasteiger partial charge in [-0.25, -0.2) is 4.79 Å². The summed E-state index contributed by atoms with van der Waals surface area (Å²) in [6.07, 6.45) is 1.24. The molecule has 2 rings (SSSR count). The van der Waals surface area contributed by atoms with Gasteiger partial charge in [0.25, 0.3) is 0 Å². The first kappa shape index (κ1) is 14.2. The van der Waals surface area contributed by atoms with E-state index in [1.807, 2.05) is 24.3 Å². The fourth-order valence-electron chi connectivity index (χ4n) is 1.95. The quantitative estimate of drug-likeness (QED) is 0.733. The summed E-state index contributed by atoms with van der Waals surface area (Å²) in [6, 6.07) is 7.02. The number of para-hydroxylation sites is 1. The highest BCUT2D eigenvalue weighted by atomic mass is 16.5. The van der Waals surface area contributed by atoms with Crippen molar-refractivity contribution in [3.63, 3.8) is 0 Å². The van der Waals surface area contributed by atoms with Gasteiger partial charge in [-0.2, -0.15) is 0 Å². The standard InChI is InChI=1S/C14H18N2O4/c1-20-11-5-3-2-4-10(11)8-15-13(19)16-9-14(6-7-14)12(17)18/h2-5H,6-9H2,1H3,(H,17,18)(H2,15,16,19). The summed E-state index contributed by atoms with van der Waals surface area (Å²) in [6.45, 7) is 0.496. The molecular weight excluding hydrogens is 260 g/mol. The molecular formula is C14H18N2O4. The highest BCUT2D eigenvalue weighted by Crippen LogP contribution is 2.45. The Bertz CT molecular complexity index is 512. The molecule has 1 aromatic carbocycles. The number of urea groups is 1. The third-order valence-corrected chi connectivity index (χ3v) is 3.53. The number of hydrogen-bond acceptors (Lipinski definition) is 3. The number of methoxy groups -OCH3 is 1. The molecule has 2 amide bonds. The highest BCUT2D eigenvalue weighted by Gasteiger charge is 2.50. The molecule has 1 saturated carbocycles. The van der Waals surface area contributed by atoms with Crippen molar-refractivity contribution < 1.29 is 19.4 Å². The lowest BCUT2D eigenvalue weighted by Crippen LogP contribution is -2.40. The first-order chi connectivity index (χ1) is 9.57. The number of carbonyl (C=O) groups is 2. The molecule has 20 heavy (non-hydrogen) atoms. The Morgan fingerprint density at radius 2 is 2.00 bits per heavy atom. The fraction of sp³-hybridized carbons (Fsp3) is 0.429. The maximum absolute atomic E-state index is 11.7. The summed E-state index contributed by atoms with van der Waals surface area (Å²) in [4.78, 5) is 22.6. The zero-order valence-electron chi connectivity index (χ0n) is 11.3. The molecule has 1 aromatic rings. The second-order valence-corrected chi connectivity index (χ2v) is 4.93. The van der Waals surface area contributed by atoms with Crippen LogP contribution in [0.25, 0.3) is 0 Å². The lowest BCUT2D eigenvalue weighted by molar-refractivity contribution is -0.143. The Hall–Kier alpha value is -2.24. The molecule has 3 N–H and O–H groups in total. The summed E-state index contributed by atoms with van der Waals surface area (Å²) in [5.41, 5.74) is 0.117. The van der Waals surface area contributed by atoms with Crippen molar-refractivity contribution in [2.24, 2.45) is 5.41 Å². The van der Waals surface area contributed by atoms with Gasteiger partial charge in [0.1, 0.15) is 5.75 Å². The number of carboxylic acid groups (broad SMARTS) is 1. The van der Waals surface area contributed by atoms with E-state index in [1.54, 1.807) is 7.11 Å². The van der Waals surface area contributed by atoms with Crippen LogP contribution in [0.4, 0.5) is 4.79 Å². The largest absolute Gasteiger partial charge is 0.496 e. The number of nitrogens with one attached hydrogen (secondary N) is 2. The number of amides is 2. The lowest BCUT2D eigenvalue weighted by Gasteiger charge is -2.13. The van der Waals surface area contributed by atoms with E-state index in [-0.39, 0.29) is 12.6 Å². The van der Waals surface area contributed by atoms with E-state index in [9.17, 15) is 9.59 Å². The zero-order valence-corrected chi connectivity index (χ0v) is 11.3. The predicted octanol–water partition coefficient (Wildman–Crippen LogP) is 1.36. The second kappa shape index (κ2) is 5.81. The SMILES string of the molecule is COc1ccccc1CNC(=O)NCC1(C(=O)O)CC1. The van der Waals surface area contributed by atoms with E-state index in [2.05, 4.69) is 10.6 Å². The molecule has 0 aromatic heterocycles. The number of carboxylic acids is 1. The van der Waals surface area contributed by atoms with E-state index >= 15 is 0 Å². The molecule has 0 radical (unpaired) electrons.